The highest BCUT2D eigenvalue weighted by atomic mass is 16.6. The van der Waals surface area contributed by atoms with E-state index in [4.69, 9.17) is 5.73 Å². The van der Waals surface area contributed by atoms with Crippen molar-refractivity contribution in [3.63, 3.8) is 0 Å². The average molecular weight is 291 g/mol. The van der Waals surface area contributed by atoms with Crippen LogP contribution in [0, 0.1) is 16.0 Å². The lowest BCUT2D eigenvalue weighted by atomic mass is 9.84. The third kappa shape index (κ3) is 3.78. The molecule has 0 aromatic heterocycles. The molecule has 6 nitrogen and oxygen atoms in total. The first kappa shape index (κ1) is 15.4. The predicted molar refractivity (Wildman–Crippen MR) is 80.0 cm³/mol. The maximum atomic E-state index is 12.3. The van der Waals surface area contributed by atoms with Crippen molar-refractivity contribution in [2.24, 2.45) is 11.7 Å². The lowest BCUT2D eigenvalue weighted by Crippen LogP contribution is -2.46. The van der Waals surface area contributed by atoms with E-state index in [1.165, 1.54) is 18.6 Å². The highest BCUT2D eigenvalue weighted by Crippen LogP contribution is 2.26. The summed E-state index contributed by atoms with van der Waals surface area (Å²) >= 11 is 0. The fourth-order valence-electron chi connectivity index (χ4n) is 2.98. The van der Waals surface area contributed by atoms with Crippen molar-refractivity contribution in [3.05, 3.63) is 39.9 Å². The van der Waals surface area contributed by atoms with Gasteiger partial charge in [0, 0.05) is 18.7 Å². The van der Waals surface area contributed by atoms with Crippen LogP contribution in [0.4, 0.5) is 5.69 Å². The summed E-state index contributed by atoms with van der Waals surface area (Å²) in [5.74, 6) is -0.0428. The standard InChI is InChI=1S/C15H21N3O3/c16-10-13(11-6-2-1-3-7-11)17-15(19)12-8-4-5-9-14(12)18(20)21/h4-5,8-9,11,13H,1-3,6-7,10,16H2,(H,17,19). The van der Waals surface area contributed by atoms with Crippen LogP contribution in [0.2, 0.25) is 0 Å². The Kier molecular flexibility index (Phi) is 5.27. The number of para-hydroxylation sites is 1. The lowest BCUT2D eigenvalue weighted by molar-refractivity contribution is -0.385. The zero-order chi connectivity index (χ0) is 15.2. The zero-order valence-corrected chi connectivity index (χ0v) is 12.0. The molecule has 1 aromatic carbocycles. The maximum Gasteiger partial charge on any atom is 0.282 e. The smallest absolute Gasteiger partial charge is 0.282 e. The van der Waals surface area contributed by atoms with Crippen LogP contribution in [-0.2, 0) is 0 Å². The molecule has 1 atom stereocenters. The van der Waals surface area contributed by atoms with Gasteiger partial charge in [0.05, 0.1) is 4.92 Å². The van der Waals surface area contributed by atoms with E-state index in [9.17, 15) is 14.9 Å². The minimum absolute atomic E-state index is 0.0942. The lowest BCUT2D eigenvalue weighted by Gasteiger charge is -2.30. The third-order valence-electron chi connectivity index (χ3n) is 4.13. The molecule has 21 heavy (non-hydrogen) atoms. The van der Waals surface area contributed by atoms with Gasteiger partial charge in [-0.15, -0.1) is 0 Å². The largest absolute Gasteiger partial charge is 0.348 e. The highest BCUT2D eigenvalue weighted by molar-refractivity contribution is 5.98. The molecule has 0 radical (unpaired) electrons. The van der Waals surface area contributed by atoms with Crippen molar-refractivity contribution in [1.29, 1.82) is 0 Å². The Bertz CT molecular complexity index is 513. The highest BCUT2D eigenvalue weighted by Gasteiger charge is 2.26. The second-order valence-corrected chi connectivity index (χ2v) is 5.49. The molecule has 1 unspecified atom stereocenters. The van der Waals surface area contributed by atoms with Gasteiger partial charge < -0.3 is 11.1 Å². The van der Waals surface area contributed by atoms with Crippen LogP contribution in [0.15, 0.2) is 24.3 Å². The van der Waals surface area contributed by atoms with Crippen molar-refractivity contribution < 1.29 is 9.72 Å². The summed E-state index contributed by atoms with van der Waals surface area (Å²) < 4.78 is 0. The Balaban J connectivity index is 2.10. The molecule has 1 saturated carbocycles. The number of nitrogens with two attached hydrogens (primary N) is 1. The Morgan fingerprint density at radius 3 is 2.62 bits per heavy atom. The van der Waals surface area contributed by atoms with Crippen LogP contribution in [0.25, 0.3) is 0 Å². The number of hydrogen-bond acceptors (Lipinski definition) is 4. The molecule has 1 aliphatic rings. The van der Waals surface area contributed by atoms with Crippen molar-refractivity contribution in [2.75, 3.05) is 6.54 Å². The number of amides is 1. The Morgan fingerprint density at radius 2 is 2.00 bits per heavy atom. The van der Waals surface area contributed by atoms with Crippen LogP contribution >= 0.6 is 0 Å². The predicted octanol–water partition coefficient (Wildman–Crippen LogP) is 2.23. The van der Waals surface area contributed by atoms with Crippen LogP contribution < -0.4 is 11.1 Å². The Labute approximate surface area is 123 Å². The quantitative estimate of drug-likeness (QED) is 0.642. The molecule has 0 heterocycles. The number of carbonyl (C=O) groups is 1. The number of nitro groups is 1. The maximum absolute atomic E-state index is 12.3. The van der Waals surface area contributed by atoms with Gasteiger partial charge in [-0.05, 0) is 24.8 Å². The van der Waals surface area contributed by atoms with Crippen LogP contribution in [0.3, 0.4) is 0 Å². The van der Waals surface area contributed by atoms with E-state index in [1.54, 1.807) is 12.1 Å². The van der Waals surface area contributed by atoms with Crippen LogP contribution in [-0.4, -0.2) is 23.4 Å². The summed E-state index contributed by atoms with van der Waals surface area (Å²) in [4.78, 5) is 22.8. The van der Waals surface area contributed by atoms with Gasteiger partial charge in [-0.1, -0.05) is 31.4 Å². The molecule has 6 heteroatoms. The van der Waals surface area contributed by atoms with Gasteiger partial charge in [-0.25, -0.2) is 0 Å². The van der Waals surface area contributed by atoms with E-state index >= 15 is 0 Å². The Morgan fingerprint density at radius 1 is 1.33 bits per heavy atom. The molecule has 0 saturated heterocycles. The number of nitrogens with one attached hydrogen (secondary N) is 1. The molecule has 0 aliphatic heterocycles. The summed E-state index contributed by atoms with van der Waals surface area (Å²) in [6.07, 6.45) is 5.65. The van der Waals surface area contributed by atoms with Gasteiger partial charge in [0.2, 0.25) is 0 Å². The first-order valence-electron chi connectivity index (χ1n) is 7.38. The van der Waals surface area contributed by atoms with Gasteiger partial charge in [-0.2, -0.15) is 0 Å². The molecule has 114 valence electrons. The molecule has 1 aromatic rings. The number of hydrogen-bond donors (Lipinski definition) is 2. The van der Waals surface area contributed by atoms with Crippen molar-refractivity contribution in [1.82, 2.24) is 5.32 Å². The monoisotopic (exact) mass is 291 g/mol. The number of benzene rings is 1. The zero-order valence-electron chi connectivity index (χ0n) is 12.0. The van der Waals surface area contributed by atoms with E-state index in [1.807, 2.05) is 0 Å². The fourth-order valence-corrected chi connectivity index (χ4v) is 2.98. The number of rotatable bonds is 5. The molecule has 0 bridgehead atoms. The van der Waals surface area contributed by atoms with Gasteiger partial charge >= 0.3 is 0 Å². The molecular weight excluding hydrogens is 270 g/mol. The van der Waals surface area contributed by atoms with Crippen molar-refractivity contribution >= 4 is 11.6 Å². The minimum atomic E-state index is -0.535. The molecule has 3 N–H and O–H groups in total. The topological polar surface area (TPSA) is 98.3 Å². The van der Waals surface area contributed by atoms with Gasteiger partial charge in [-0.3, -0.25) is 14.9 Å². The molecule has 2 rings (SSSR count). The SMILES string of the molecule is NCC(NC(=O)c1ccccc1[N+](=O)[O-])C1CCCCC1. The summed E-state index contributed by atoms with van der Waals surface area (Å²) in [7, 11) is 0. The van der Waals surface area contributed by atoms with Gasteiger partial charge in [0.1, 0.15) is 5.56 Å². The van der Waals surface area contributed by atoms with Gasteiger partial charge in [0.15, 0.2) is 0 Å². The molecule has 1 amide bonds. The number of nitrogens with zero attached hydrogens (tertiary/aromatic N) is 1. The normalized spacial score (nSPS) is 17.2. The number of nitro benzene ring substituents is 1. The first-order valence-corrected chi connectivity index (χ1v) is 7.38. The minimum Gasteiger partial charge on any atom is -0.348 e. The summed E-state index contributed by atoms with van der Waals surface area (Å²) in [5, 5.41) is 13.9. The molecule has 0 spiro atoms. The first-order chi connectivity index (χ1) is 10.1. The summed E-state index contributed by atoms with van der Waals surface area (Å²) in [6.45, 7) is 0.358. The second kappa shape index (κ2) is 7.17. The summed E-state index contributed by atoms with van der Waals surface area (Å²) in [6, 6.07) is 5.88. The second-order valence-electron chi connectivity index (χ2n) is 5.49. The van der Waals surface area contributed by atoms with Crippen LogP contribution in [0.5, 0.6) is 0 Å². The molecular formula is C15H21N3O3. The van der Waals surface area contributed by atoms with Gasteiger partial charge in [0.25, 0.3) is 11.6 Å². The van der Waals surface area contributed by atoms with Crippen LogP contribution in [0.1, 0.15) is 42.5 Å². The third-order valence-corrected chi connectivity index (χ3v) is 4.13. The van der Waals surface area contributed by atoms with Crippen molar-refractivity contribution in [2.45, 2.75) is 38.1 Å². The van der Waals surface area contributed by atoms with E-state index in [0.29, 0.717) is 12.5 Å². The van der Waals surface area contributed by atoms with E-state index in [2.05, 4.69) is 5.32 Å². The van der Waals surface area contributed by atoms with Crippen molar-refractivity contribution in [3.8, 4) is 0 Å². The van der Waals surface area contributed by atoms with E-state index < -0.39 is 10.8 Å². The fraction of sp³-hybridized carbons (Fsp3) is 0.533. The summed E-state index contributed by atoms with van der Waals surface area (Å²) in [5.41, 5.74) is 5.70. The average Bonchev–Trinajstić information content (AvgIpc) is 2.53. The Hall–Kier alpha value is -1.95. The molecule has 1 aliphatic carbocycles. The van der Waals surface area contributed by atoms with E-state index in [0.717, 1.165) is 25.7 Å². The number of carbonyl (C=O) groups excluding carboxylic acids is 1. The van der Waals surface area contributed by atoms with E-state index in [-0.39, 0.29) is 17.3 Å². The molecule has 1 fully saturated rings.